The minimum Gasteiger partial charge on any atom is -0.347 e. The number of nitrogens with two attached hydrogens (primary N) is 1. The number of fused-ring (bicyclic) bond motifs is 1. The molecule has 0 saturated heterocycles. The van der Waals surface area contributed by atoms with Gasteiger partial charge in [0.25, 0.3) is 0 Å². The Kier molecular flexibility index (Phi) is 3.82. The molecule has 0 unspecified atom stereocenters. The normalized spacial score (nSPS) is 11.2. The molecule has 0 atom stereocenters. The Morgan fingerprint density at radius 2 is 2.12 bits per heavy atom. The summed E-state index contributed by atoms with van der Waals surface area (Å²) < 4.78 is 2.29. The van der Waals surface area contributed by atoms with Gasteiger partial charge in [-0.1, -0.05) is 19.1 Å². The molecule has 1 aromatic carbocycles. The molecule has 0 aliphatic carbocycles. The molecule has 3 heteroatoms. The number of hydrogen-bond donors (Lipinski definition) is 2. The standard InChI is InChI=1S/C14H21N3/c1-3-16-9-12-10-17(4-2)14-7-11(8-15)5-6-13(12)14/h5-7,10,16H,3-4,8-9,15H2,1-2H3. The molecule has 3 nitrogen and oxygen atoms in total. The molecule has 0 amide bonds. The van der Waals surface area contributed by atoms with Crippen LogP contribution in [-0.2, 0) is 19.6 Å². The molecule has 0 saturated carbocycles. The lowest BCUT2D eigenvalue weighted by Gasteiger charge is -2.02. The highest BCUT2D eigenvalue weighted by atomic mass is 15.0. The molecular weight excluding hydrogens is 210 g/mol. The Hall–Kier alpha value is -1.32. The molecule has 0 aliphatic rings. The van der Waals surface area contributed by atoms with Crippen molar-refractivity contribution in [3.63, 3.8) is 0 Å². The van der Waals surface area contributed by atoms with Crippen LogP contribution in [0.2, 0.25) is 0 Å². The summed E-state index contributed by atoms with van der Waals surface area (Å²) in [5.74, 6) is 0. The Bertz CT molecular complexity index is 499. The van der Waals surface area contributed by atoms with Gasteiger partial charge in [0.15, 0.2) is 0 Å². The lowest BCUT2D eigenvalue weighted by Crippen LogP contribution is -2.11. The van der Waals surface area contributed by atoms with E-state index in [0.29, 0.717) is 6.54 Å². The summed E-state index contributed by atoms with van der Waals surface area (Å²) in [6, 6.07) is 6.52. The van der Waals surface area contributed by atoms with Crippen LogP contribution in [0.3, 0.4) is 0 Å². The van der Waals surface area contributed by atoms with Gasteiger partial charge in [0.05, 0.1) is 0 Å². The largest absolute Gasteiger partial charge is 0.347 e. The van der Waals surface area contributed by atoms with Crippen LogP contribution in [-0.4, -0.2) is 11.1 Å². The molecule has 1 heterocycles. The second-order valence-electron chi connectivity index (χ2n) is 4.28. The van der Waals surface area contributed by atoms with E-state index in [9.17, 15) is 0 Å². The van der Waals surface area contributed by atoms with Gasteiger partial charge in [0.1, 0.15) is 0 Å². The summed E-state index contributed by atoms with van der Waals surface area (Å²) in [5.41, 5.74) is 9.56. The van der Waals surface area contributed by atoms with E-state index in [1.165, 1.54) is 22.0 Å². The molecule has 0 bridgehead atoms. The van der Waals surface area contributed by atoms with Crippen molar-refractivity contribution in [2.75, 3.05) is 6.54 Å². The molecule has 0 aliphatic heterocycles. The molecule has 0 spiro atoms. The third kappa shape index (κ3) is 2.35. The SMILES string of the molecule is CCNCc1cn(CC)c2cc(CN)ccc12. The summed E-state index contributed by atoms with van der Waals surface area (Å²) in [5, 5.41) is 4.72. The van der Waals surface area contributed by atoms with Crippen molar-refractivity contribution in [3.05, 3.63) is 35.5 Å². The highest BCUT2D eigenvalue weighted by Crippen LogP contribution is 2.22. The third-order valence-electron chi connectivity index (χ3n) is 3.17. The van der Waals surface area contributed by atoms with Gasteiger partial charge in [-0.25, -0.2) is 0 Å². The molecule has 17 heavy (non-hydrogen) atoms. The van der Waals surface area contributed by atoms with Crippen LogP contribution in [0, 0.1) is 0 Å². The Labute approximate surface area is 103 Å². The molecule has 2 rings (SSSR count). The Morgan fingerprint density at radius 3 is 2.76 bits per heavy atom. The predicted octanol–water partition coefficient (Wildman–Crippen LogP) is 2.23. The number of nitrogens with one attached hydrogen (secondary N) is 1. The summed E-state index contributed by atoms with van der Waals surface area (Å²) in [4.78, 5) is 0. The van der Waals surface area contributed by atoms with Gasteiger partial charge in [0, 0.05) is 36.7 Å². The first kappa shape index (κ1) is 12.1. The van der Waals surface area contributed by atoms with Crippen LogP contribution in [0.4, 0.5) is 0 Å². The van der Waals surface area contributed by atoms with Crippen LogP contribution in [0.1, 0.15) is 25.0 Å². The molecular formula is C14H21N3. The highest BCUT2D eigenvalue weighted by molar-refractivity contribution is 5.84. The Balaban J connectivity index is 2.48. The van der Waals surface area contributed by atoms with E-state index in [1.54, 1.807) is 0 Å². The summed E-state index contributed by atoms with van der Waals surface area (Å²) >= 11 is 0. The van der Waals surface area contributed by atoms with Gasteiger partial charge in [-0.2, -0.15) is 0 Å². The number of nitrogens with zero attached hydrogens (tertiary/aromatic N) is 1. The third-order valence-corrected chi connectivity index (χ3v) is 3.17. The maximum Gasteiger partial charge on any atom is 0.0486 e. The van der Waals surface area contributed by atoms with E-state index in [0.717, 1.165) is 19.6 Å². The lowest BCUT2D eigenvalue weighted by atomic mass is 10.1. The van der Waals surface area contributed by atoms with Gasteiger partial charge < -0.3 is 15.6 Å². The zero-order chi connectivity index (χ0) is 12.3. The molecule has 0 radical (unpaired) electrons. The van der Waals surface area contributed by atoms with Crippen LogP contribution in [0.5, 0.6) is 0 Å². The fourth-order valence-electron chi connectivity index (χ4n) is 2.20. The van der Waals surface area contributed by atoms with Gasteiger partial charge in [-0.05, 0) is 30.7 Å². The van der Waals surface area contributed by atoms with Crippen molar-refractivity contribution < 1.29 is 0 Å². The smallest absolute Gasteiger partial charge is 0.0486 e. The topological polar surface area (TPSA) is 43.0 Å². The maximum absolute atomic E-state index is 5.70. The van der Waals surface area contributed by atoms with Crippen LogP contribution in [0.15, 0.2) is 24.4 Å². The van der Waals surface area contributed by atoms with Gasteiger partial charge >= 0.3 is 0 Å². The minimum atomic E-state index is 0.605. The fraction of sp³-hybridized carbons (Fsp3) is 0.429. The van der Waals surface area contributed by atoms with Crippen molar-refractivity contribution in [1.82, 2.24) is 9.88 Å². The van der Waals surface area contributed by atoms with Crippen molar-refractivity contribution >= 4 is 10.9 Å². The van der Waals surface area contributed by atoms with Gasteiger partial charge in [-0.3, -0.25) is 0 Å². The summed E-state index contributed by atoms with van der Waals surface area (Å²) in [7, 11) is 0. The summed E-state index contributed by atoms with van der Waals surface area (Å²) in [6.45, 7) is 7.84. The molecule has 3 N–H and O–H groups in total. The van der Waals surface area contributed by atoms with E-state index < -0.39 is 0 Å². The van der Waals surface area contributed by atoms with Crippen LogP contribution >= 0.6 is 0 Å². The van der Waals surface area contributed by atoms with E-state index >= 15 is 0 Å². The minimum absolute atomic E-state index is 0.605. The molecule has 0 fully saturated rings. The first-order valence-electron chi connectivity index (χ1n) is 6.31. The maximum atomic E-state index is 5.70. The zero-order valence-electron chi connectivity index (χ0n) is 10.7. The van der Waals surface area contributed by atoms with Gasteiger partial charge in [0.2, 0.25) is 0 Å². The molecule has 2 aromatic rings. The highest BCUT2D eigenvalue weighted by Gasteiger charge is 2.07. The molecule has 1 aromatic heterocycles. The Morgan fingerprint density at radius 1 is 1.29 bits per heavy atom. The van der Waals surface area contributed by atoms with Crippen LogP contribution in [0.25, 0.3) is 10.9 Å². The zero-order valence-corrected chi connectivity index (χ0v) is 10.7. The lowest BCUT2D eigenvalue weighted by molar-refractivity contribution is 0.721. The predicted molar refractivity (Wildman–Crippen MR) is 72.9 cm³/mol. The number of aryl methyl sites for hydroxylation is 1. The van der Waals surface area contributed by atoms with Crippen molar-refractivity contribution in [1.29, 1.82) is 0 Å². The van der Waals surface area contributed by atoms with Crippen molar-refractivity contribution in [2.45, 2.75) is 33.5 Å². The second kappa shape index (κ2) is 5.34. The average Bonchev–Trinajstić information content (AvgIpc) is 2.73. The monoisotopic (exact) mass is 231 g/mol. The van der Waals surface area contributed by atoms with E-state index in [-0.39, 0.29) is 0 Å². The summed E-state index contributed by atoms with van der Waals surface area (Å²) in [6.07, 6.45) is 2.24. The van der Waals surface area contributed by atoms with E-state index in [4.69, 9.17) is 5.73 Å². The number of rotatable bonds is 5. The quantitative estimate of drug-likeness (QED) is 0.828. The first-order valence-corrected chi connectivity index (χ1v) is 6.31. The fourth-order valence-corrected chi connectivity index (χ4v) is 2.20. The first-order chi connectivity index (χ1) is 8.30. The van der Waals surface area contributed by atoms with E-state index in [1.807, 2.05) is 0 Å². The van der Waals surface area contributed by atoms with Crippen molar-refractivity contribution in [2.24, 2.45) is 5.73 Å². The van der Waals surface area contributed by atoms with Gasteiger partial charge in [-0.15, -0.1) is 0 Å². The number of aromatic nitrogens is 1. The molecule has 92 valence electrons. The van der Waals surface area contributed by atoms with Crippen molar-refractivity contribution in [3.8, 4) is 0 Å². The second-order valence-corrected chi connectivity index (χ2v) is 4.28. The average molecular weight is 231 g/mol. The van der Waals surface area contributed by atoms with E-state index in [2.05, 4.69) is 48.1 Å². The van der Waals surface area contributed by atoms with Crippen LogP contribution < -0.4 is 11.1 Å². The number of benzene rings is 1. The number of hydrogen-bond acceptors (Lipinski definition) is 2.